The van der Waals surface area contributed by atoms with Gasteiger partial charge in [-0.3, -0.25) is 14.4 Å². The Morgan fingerprint density at radius 1 is 1.11 bits per heavy atom. The molecule has 2 aromatic rings. The predicted octanol–water partition coefficient (Wildman–Crippen LogP) is 2.44. The van der Waals surface area contributed by atoms with E-state index in [-0.39, 0.29) is 11.9 Å². The molecular weight excluding hydrogens is 344 g/mol. The van der Waals surface area contributed by atoms with Crippen LogP contribution in [0.2, 0.25) is 0 Å². The average molecular weight is 372 g/mol. The van der Waals surface area contributed by atoms with E-state index in [0.29, 0.717) is 18.8 Å². The molecule has 1 aliphatic heterocycles. The number of piperazine rings is 1. The lowest BCUT2D eigenvalue weighted by Crippen LogP contribution is -2.48. The Bertz CT molecular complexity index is 779. The number of hydrogen-bond acceptors (Lipinski definition) is 5. The molecule has 1 aromatic carbocycles. The Balaban J connectivity index is 1.59. The van der Waals surface area contributed by atoms with Gasteiger partial charge in [0.05, 0.1) is 14.2 Å². The summed E-state index contributed by atoms with van der Waals surface area (Å²) in [4.78, 5) is 16.9. The van der Waals surface area contributed by atoms with Gasteiger partial charge in [0.1, 0.15) is 17.2 Å². The number of amides is 1. The number of benzene rings is 1. The number of hydrogen-bond donors (Lipinski definition) is 0. The van der Waals surface area contributed by atoms with Crippen molar-refractivity contribution in [3.8, 4) is 11.5 Å². The Labute approximate surface area is 160 Å². The SMILES string of the molecule is COc1ccc(OC)c(CN2CCN(C(=O)c3ccn(C(C)C)n3)CC2)c1. The smallest absolute Gasteiger partial charge is 0.274 e. The highest BCUT2D eigenvalue weighted by Gasteiger charge is 2.24. The molecule has 0 radical (unpaired) electrons. The number of nitrogens with zero attached hydrogens (tertiary/aromatic N) is 4. The first-order chi connectivity index (χ1) is 13.0. The van der Waals surface area contributed by atoms with E-state index >= 15 is 0 Å². The van der Waals surface area contributed by atoms with E-state index in [4.69, 9.17) is 9.47 Å². The zero-order chi connectivity index (χ0) is 19.4. The highest BCUT2D eigenvalue weighted by Crippen LogP contribution is 2.25. The summed E-state index contributed by atoms with van der Waals surface area (Å²) in [6.07, 6.45) is 1.86. The van der Waals surface area contributed by atoms with Crippen LogP contribution < -0.4 is 9.47 Å². The van der Waals surface area contributed by atoms with Crippen molar-refractivity contribution in [1.82, 2.24) is 19.6 Å². The monoisotopic (exact) mass is 372 g/mol. The summed E-state index contributed by atoms with van der Waals surface area (Å²) >= 11 is 0. The predicted molar refractivity (Wildman–Crippen MR) is 103 cm³/mol. The summed E-state index contributed by atoms with van der Waals surface area (Å²) in [6.45, 7) is 7.89. The van der Waals surface area contributed by atoms with E-state index in [2.05, 4.69) is 10.00 Å². The second-order valence-corrected chi connectivity index (χ2v) is 7.02. The maximum absolute atomic E-state index is 12.7. The van der Waals surface area contributed by atoms with Crippen LogP contribution in [-0.2, 0) is 6.54 Å². The summed E-state index contributed by atoms with van der Waals surface area (Å²) in [6, 6.07) is 7.89. The number of aromatic nitrogens is 2. The Morgan fingerprint density at radius 3 is 2.44 bits per heavy atom. The average Bonchev–Trinajstić information content (AvgIpc) is 3.18. The topological polar surface area (TPSA) is 59.8 Å². The van der Waals surface area contributed by atoms with E-state index < -0.39 is 0 Å². The maximum atomic E-state index is 12.7. The van der Waals surface area contributed by atoms with Crippen LogP contribution in [0, 0.1) is 0 Å². The molecule has 1 amide bonds. The highest BCUT2D eigenvalue weighted by molar-refractivity contribution is 5.92. The van der Waals surface area contributed by atoms with E-state index in [1.807, 2.05) is 47.8 Å². The minimum atomic E-state index is 0.00742. The number of methoxy groups -OCH3 is 2. The van der Waals surface area contributed by atoms with Gasteiger partial charge in [-0.05, 0) is 38.1 Å². The van der Waals surface area contributed by atoms with Crippen LogP contribution in [-0.4, -0.2) is 65.9 Å². The van der Waals surface area contributed by atoms with Crippen LogP contribution in [0.5, 0.6) is 11.5 Å². The van der Waals surface area contributed by atoms with Crippen molar-refractivity contribution in [1.29, 1.82) is 0 Å². The van der Waals surface area contributed by atoms with Gasteiger partial charge >= 0.3 is 0 Å². The van der Waals surface area contributed by atoms with E-state index in [1.165, 1.54) is 0 Å². The lowest BCUT2D eigenvalue weighted by molar-refractivity contribution is 0.0620. The van der Waals surface area contributed by atoms with Crippen molar-refractivity contribution in [3.05, 3.63) is 41.7 Å². The second kappa shape index (κ2) is 8.43. The van der Waals surface area contributed by atoms with Gasteiger partial charge < -0.3 is 14.4 Å². The van der Waals surface area contributed by atoms with Gasteiger partial charge in [-0.25, -0.2) is 0 Å². The van der Waals surface area contributed by atoms with Crippen molar-refractivity contribution in [2.75, 3.05) is 40.4 Å². The third-order valence-electron chi connectivity index (χ3n) is 4.90. The van der Waals surface area contributed by atoms with Crippen molar-refractivity contribution in [3.63, 3.8) is 0 Å². The fourth-order valence-corrected chi connectivity index (χ4v) is 3.26. The first-order valence-electron chi connectivity index (χ1n) is 9.29. The minimum absolute atomic E-state index is 0.00742. The molecule has 3 rings (SSSR count). The summed E-state index contributed by atoms with van der Waals surface area (Å²) in [5.41, 5.74) is 1.61. The Kier molecular flexibility index (Phi) is 6.01. The van der Waals surface area contributed by atoms with Gasteiger partial charge in [-0.15, -0.1) is 0 Å². The van der Waals surface area contributed by atoms with Crippen molar-refractivity contribution >= 4 is 5.91 Å². The van der Waals surface area contributed by atoms with Crippen molar-refractivity contribution < 1.29 is 14.3 Å². The summed E-state index contributed by atoms with van der Waals surface area (Å²) < 4.78 is 12.6. The lowest BCUT2D eigenvalue weighted by Gasteiger charge is -2.34. The fraction of sp³-hybridized carbons (Fsp3) is 0.500. The Hall–Kier alpha value is -2.54. The van der Waals surface area contributed by atoms with Crippen LogP contribution in [0.3, 0.4) is 0 Å². The molecule has 0 spiro atoms. The quantitative estimate of drug-likeness (QED) is 0.779. The van der Waals surface area contributed by atoms with Crippen LogP contribution in [0.15, 0.2) is 30.5 Å². The molecule has 7 heteroatoms. The van der Waals surface area contributed by atoms with Gasteiger partial charge in [0.15, 0.2) is 0 Å². The lowest BCUT2D eigenvalue weighted by atomic mass is 10.1. The van der Waals surface area contributed by atoms with Crippen LogP contribution in [0.25, 0.3) is 0 Å². The highest BCUT2D eigenvalue weighted by atomic mass is 16.5. The molecule has 0 atom stereocenters. The second-order valence-electron chi connectivity index (χ2n) is 7.02. The summed E-state index contributed by atoms with van der Waals surface area (Å²) in [5.74, 6) is 1.68. The van der Waals surface area contributed by atoms with E-state index in [1.54, 1.807) is 20.3 Å². The molecule has 27 heavy (non-hydrogen) atoms. The van der Waals surface area contributed by atoms with Gasteiger partial charge in [0, 0.05) is 50.5 Å². The van der Waals surface area contributed by atoms with Gasteiger partial charge in [-0.1, -0.05) is 0 Å². The molecule has 0 bridgehead atoms. The molecule has 0 N–H and O–H groups in total. The molecular formula is C20H28N4O3. The van der Waals surface area contributed by atoms with Crippen molar-refractivity contribution in [2.45, 2.75) is 26.4 Å². The zero-order valence-corrected chi connectivity index (χ0v) is 16.5. The zero-order valence-electron chi connectivity index (χ0n) is 16.5. The third kappa shape index (κ3) is 4.42. The number of carbonyl (C=O) groups is 1. The molecule has 1 aromatic heterocycles. The summed E-state index contributed by atoms with van der Waals surface area (Å²) in [5, 5.41) is 4.39. The largest absolute Gasteiger partial charge is 0.497 e. The first kappa shape index (κ1) is 19.2. The normalized spacial score (nSPS) is 15.2. The maximum Gasteiger partial charge on any atom is 0.274 e. The molecule has 1 saturated heterocycles. The number of ether oxygens (including phenoxy) is 2. The molecule has 0 saturated carbocycles. The third-order valence-corrected chi connectivity index (χ3v) is 4.90. The molecule has 7 nitrogen and oxygen atoms in total. The standard InChI is InChI=1S/C20H28N4O3/c1-15(2)24-8-7-18(21-24)20(25)23-11-9-22(10-12-23)14-16-13-17(26-3)5-6-19(16)27-4/h5-8,13,15H,9-12,14H2,1-4H3. The fourth-order valence-electron chi connectivity index (χ4n) is 3.26. The van der Waals surface area contributed by atoms with E-state index in [0.717, 1.165) is 36.7 Å². The molecule has 2 heterocycles. The summed E-state index contributed by atoms with van der Waals surface area (Å²) in [7, 11) is 3.34. The molecule has 0 aliphatic carbocycles. The van der Waals surface area contributed by atoms with E-state index in [9.17, 15) is 4.79 Å². The number of rotatable bonds is 6. The Morgan fingerprint density at radius 2 is 1.85 bits per heavy atom. The first-order valence-corrected chi connectivity index (χ1v) is 9.29. The minimum Gasteiger partial charge on any atom is -0.497 e. The van der Waals surface area contributed by atoms with Gasteiger partial charge in [0.2, 0.25) is 0 Å². The molecule has 0 unspecified atom stereocenters. The van der Waals surface area contributed by atoms with Crippen LogP contribution in [0.4, 0.5) is 0 Å². The molecule has 1 fully saturated rings. The molecule has 1 aliphatic rings. The van der Waals surface area contributed by atoms with Gasteiger partial charge in [-0.2, -0.15) is 5.10 Å². The van der Waals surface area contributed by atoms with Crippen LogP contribution >= 0.6 is 0 Å². The van der Waals surface area contributed by atoms with Crippen LogP contribution in [0.1, 0.15) is 35.9 Å². The molecule has 146 valence electrons. The number of carbonyl (C=O) groups excluding carboxylic acids is 1. The van der Waals surface area contributed by atoms with Crippen molar-refractivity contribution in [2.24, 2.45) is 0 Å². The van der Waals surface area contributed by atoms with Gasteiger partial charge in [0.25, 0.3) is 5.91 Å².